The largest absolute Gasteiger partial charge is 0.480 e. The number of carbonyl (C=O) groups is 3. The molecule has 1 saturated heterocycles. The monoisotopic (exact) mass is 450 g/mol. The highest BCUT2D eigenvalue weighted by atomic mass is 16.4. The van der Waals surface area contributed by atoms with Crippen molar-refractivity contribution in [1.29, 1.82) is 0 Å². The number of rotatable bonds is 10. The van der Waals surface area contributed by atoms with E-state index >= 15 is 0 Å². The Kier molecular flexibility index (Phi) is 9.78. The maximum absolute atomic E-state index is 13.4. The highest BCUT2D eigenvalue weighted by Gasteiger charge is 2.38. The maximum atomic E-state index is 13.4. The van der Waals surface area contributed by atoms with Gasteiger partial charge in [0.2, 0.25) is 11.8 Å². The van der Waals surface area contributed by atoms with Crippen LogP contribution in [0.15, 0.2) is 0 Å². The average molecular weight is 451 g/mol. The van der Waals surface area contributed by atoms with Crippen molar-refractivity contribution in [2.75, 3.05) is 26.2 Å². The third-order valence-corrected chi connectivity index (χ3v) is 7.79. The summed E-state index contributed by atoms with van der Waals surface area (Å²) in [5.41, 5.74) is 5.77. The van der Waals surface area contributed by atoms with Crippen molar-refractivity contribution in [3.8, 4) is 0 Å². The molecule has 0 unspecified atom stereocenters. The quantitative estimate of drug-likeness (QED) is 0.403. The lowest BCUT2D eigenvalue weighted by molar-refractivity contribution is -0.141. The minimum absolute atomic E-state index is 0.0635. The Morgan fingerprint density at radius 2 is 1.59 bits per heavy atom. The van der Waals surface area contributed by atoms with Crippen LogP contribution < -0.4 is 16.4 Å². The van der Waals surface area contributed by atoms with Crippen LogP contribution >= 0.6 is 0 Å². The van der Waals surface area contributed by atoms with E-state index in [4.69, 9.17) is 10.8 Å². The number of hydrogen-bond donors (Lipinski definition) is 4. The second-order valence-corrected chi connectivity index (χ2v) is 10.1. The van der Waals surface area contributed by atoms with E-state index in [1.807, 2.05) is 0 Å². The summed E-state index contributed by atoms with van der Waals surface area (Å²) >= 11 is 0. The minimum atomic E-state index is -0.966. The van der Waals surface area contributed by atoms with E-state index in [1.54, 1.807) is 4.90 Å². The predicted molar refractivity (Wildman–Crippen MR) is 123 cm³/mol. The van der Waals surface area contributed by atoms with Gasteiger partial charge in [0, 0.05) is 13.1 Å². The third-order valence-electron chi connectivity index (χ3n) is 7.79. The van der Waals surface area contributed by atoms with Crippen LogP contribution in [0, 0.1) is 17.8 Å². The number of aliphatic carboxylic acids is 1. The van der Waals surface area contributed by atoms with E-state index in [2.05, 4.69) is 10.6 Å². The first-order valence-corrected chi connectivity index (χ1v) is 12.7. The molecule has 8 nitrogen and oxygen atoms in total. The van der Waals surface area contributed by atoms with Crippen molar-refractivity contribution in [1.82, 2.24) is 15.5 Å². The zero-order chi connectivity index (χ0) is 22.9. The SMILES string of the molecule is NCC1CCC(CNC(=O)[C@@H]2CCCN2C(=O)[C@@H](CC2CCCCC2)NCC(=O)O)CC1. The molecule has 0 aromatic carbocycles. The summed E-state index contributed by atoms with van der Waals surface area (Å²) in [6.45, 7) is 1.74. The Balaban J connectivity index is 1.54. The highest BCUT2D eigenvalue weighted by Crippen LogP contribution is 2.30. The Labute approximate surface area is 192 Å². The standard InChI is InChI=1S/C24H42N4O4/c25-14-18-8-10-19(11-9-18)15-27-23(31)21-7-4-12-28(21)24(32)20(26-16-22(29)30)13-17-5-2-1-3-6-17/h17-21,26H,1-16,25H2,(H,27,31)(H,29,30)/t18?,19?,20-,21+/m1/s1. The Morgan fingerprint density at radius 3 is 2.25 bits per heavy atom. The van der Waals surface area contributed by atoms with Crippen molar-refractivity contribution in [3.63, 3.8) is 0 Å². The second kappa shape index (κ2) is 12.5. The van der Waals surface area contributed by atoms with Crippen molar-refractivity contribution < 1.29 is 19.5 Å². The van der Waals surface area contributed by atoms with Crippen LogP contribution in [0.4, 0.5) is 0 Å². The lowest BCUT2D eigenvalue weighted by atomic mass is 9.82. The van der Waals surface area contributed by atoms with Crippen molar-refractivity contribution in [2.45, 2.75) is 89.1 Å². The summed E-state index contributed by atoms with van der Waals surface area (Å²) < 4.78 is 0. The molecule has 0 bridgehead atoms. The Bertz CT molecular complexity index is 629. The van der Waals surface area contributed by atoms with E-state index in [-0.39, 0.29) is 18.4 Å². The van der Waals surface area contributed by atoms with Gasteiger partial charge in [-0.3, -0.25) is 19.7 Å². The lowest BCUT2D eigenvalue weighted by Gasteiger charge is -2.32. The number of hydrogen-bond acceptors (Lipinski definition) is 5. The molecule has 3 aliphatic rings. The van der Waals surface area contributed by atoms with Gasteiger partial charge in [-0.15, -0.1) is 0 Å². The van der Waals surface area contributed by atoms with Crippen LogP contribution in [0.3, 0.4) is 0 Å². The smallest absolute Gasteiger partial charge is 0.317 e. The number of nitrogens with one attached hydrogen (secondary N) is 2. The van der Waals surface area contributed by atoms with E-state index in [1.165, 1.54) is 19.3 Å². The molecule has 0 aromatic rings. The van der Waals surface area contributed by atoms with E-state index in [0.29, 0.717) is 43.7 Å². The zero-order valence-corrected chi connectivity index (χ0v) is 19.4. The van der Waals surface area contributed by atoms with Gasteiger partial charge in [-0.1, -0.05) is 32.1 Å². The molecule has 1 heterocycles. The first-order valence-electron chi connectivity index (χ1n) is 12.7. The molecule has 3 rings (SSSR count). The molecule has 8 heteroatoms. The molecule has 32 heavy (non-hydrogen) atoms. The van der Waals surface area contributed by atoms with Gasteiger partial charge in [0.25, 0.3) is 0 Å². The summed E-state index contributed by atoms with van der Waals surface area (Å²) in [5.74, 6) is 0.404. The number of nitrogens with two attached hydrogens (primary N) is 1. The average Bonchev–Trinajstić information content (AvgIpc) is 3.30. The number of amides is 2. The van der Waals surface area contributed by atoms with Crippen LogP contribution in [-0.2, 0) is 14.4 Å². The molecule has 3 fully saturated rings. The van der Waals surface area contributed by atoms with Gasteiger partial charge in [-0.05, 0) is 69.2 Å². The highest BCUT2D eigenvalue weighted by molar-refractivity contribution is 5.90. The van der Waals surface area contributed by atoms with Gasteiger partial charge in [-0.2, -0.15) is 0 Å². The van der Waals surface area contributed by atoms with Gasteiger partial charge in [0.15, 0.2) is 0 Å². The first kappa shape index (κ1) is 25.0. The van der Waals surface area contributed by atoms with Crippen molar-refractivity contribution >= 4 is 17.8 Å². The van der Waals surface area contributed by atoms with Crippen molar-refractivity contribution in [3.05, 3.63) is 0 Å². The minimum Gasteiger partial charge on any atom is -0.480 e. The van der Waals surface area contributed by atoms with Gasteiger partial charge < -0.3 is 21.1 Å². The fraction of sp³-hybridized carbons (Fsp3) is 0.875. The first-order chi connectivity index (χ1) is 15.5. The fourth-order valence-corrected chi connectivity index (χ4v) is 5.78. The van der Waals surface area contributed by atoms with E-state index < -0.39 is 18.1 Å². The molecule has 5 N–H and O–H groups in total. The van der Waals surface area contributed by atoms with E-state index in [0.717, 1.165) is 51.5 Å². The van der Waals surface area contributed by atoms with Crippen LogP contribution in [0.5, 0.6) is 0 Å². The molecule has 2 saturated carbocycles. The number of carboxylic acid groups (broad SMARTS) is 1. The summed E-state index contributed by atoms with van der Waals surface area (Å²) in [6.07, 6.45) is 12.3. The summed E-state index contributed by atoms with van der Waals surface area (Å²) in [4.78, 5) is 39.2. The molecule has 0 radical (unpaired) electrons. The fourth-order valence-electron chi connectivity index (χ4n) is 5.78. The van der Waals surface area contributed by atoms with Crippen LogP contribution in [-0.4, -0.2) is 66.1 Å². The van der Waals surface area contributed by atoms with Crippen molar-refractivity contribution in [2.24, 2.45) is 23.5 Å². The van der Waals surface area contributed by atoms with Gasteiger partial charge >= 0.3 is 5.97 Å². The lowest BCUT2D eigenvalue weighted by Crippen LogP contribution is -2.54. The van der Waals surface area contributed by atoms with E-state index in [9.17, 15) is 14.4 Å². The van der Waals surface area contributed by atoms with Gasteiger partial charge in [-0.25, -0.2) is 0 Å². The zero-order valence-electron chi connectivity index (χ0n) is 19.4. The number of carbonyl (C=O) groups excluding carboxylic acids is 2. The molecule has 182 valence electrons. The van der Waals surface area contributed by atoms with Gasteiger partial charge in [0.1, 0.15) is 6.04 Å². The van der Waals surface area contributed by atoms with Crippen LogP contribution in [0.1, 0.15) is 77.0 Å². The van der Waals surface area contributed by atoms with Gasteiger partial charge in [0.05, 0.1) is 12.6 Å². The Morgan fingerprint density at radius 1 is 0.906 bits per heavy atom. The van der Waals surface area contributed by atoms with Crippen LogP contribution in [0.2, 0.25) is 0 Å². The third kappa shape index (κ3) is 7.17. The molecule has 2 amide bonds. The number of carboxylic acids is 1. The normalized spacial score (nSPS) is 27.8. The molecule has 2 atom stereocenters. The van der Waals surface area contributed by atoms with Crippen LogP contribution in [0.25, 0.3) is 0 Å². The Hall–Kier alpha value is -1.67. The molecular formula is C24H42N4O4. The summed E-state index contributed by atoms with van der Waals surface area (Å²) in [5, 5.41) is 15.2. The maximum Gasteiger partial charge on any atom is 0.317 e. The summed E-state index contributed by atoms with van der Waals surface area (Å²) in [6, 6.07) is -0.975. The molecule has 2 aliphatic carbocycles. The summed E-state index contributed by atoms with van der Waals surface area (Å²) in [7, 11) is 0. The molecule has 0 spiro atoms. The molecule has 0 aromatic heterocycles. The predicted octanol–water partition coefficient (Wildman–Crippen LogP) is 1.87. The molecular weight excluding hydrogens is 408 g/mol. The number of nitrogens with zero attached hydrogens (tertiary/aromatic N) is 1. The number of likely N-dealkylation sites (tertiary alicyclic amines) is 1. The second-order valence-electron chi connectivity index (χ2n) is 10.1. The topological polar surface area (TPSA) is 125 Å². The molecule has 1 aliphatic heterocycles.